The Balaban J connectivity index is 2.18. The number of ether oxygens (including phenoxy) is 1. The number of aryl methyl sites for hydroxylation is 1. The summed E-state index contributed by atoms with van der Waals surface area (Å²) in [4.78, 5) is 12.0. The summed E-state index contributed by atoms with van der Waals surface area (Å²) in [5.41, 5.74) is 3.14. The van der Waals surface area contributed by atoms with Gasteiger partial charge in [0.15, 0.2) is 0 Å². The highest BCUT2D eigenvalue weighted by atomic mass is 79.9. The normalized spacial score (nSPS) is 12.0. The average Bonchev–Trinajstić information content (AvgIpc) is 2.51. The predicted molar refractivity (Wildman–Crippen MR) is 86.9 cm³/mol. The molecule has 4 heteroatoms. The average molecular weight is 348 g/mol. The molecular weight excluding hydrogens is 330 g/mol. The third-order valence-corrected chi connectivity index (χ3v) is 4.17. The van der Waals surface area contributed by atoms with Gasteiger partial charge in [0.25, 0.3) is 0 Å². The van der Waals surface area contributed by atoms with Crippen LogP contribution in [-0.2, 0) is 16.1 Å². The summed E-state index contributed by atoms with van der Waals surface area (Å²) in [6.07, 6.45) is 0. The molecule has 0 fully saturated rings. The summed E-state index contributed by atoms with van der Waals surface area (Å²) in [5.74, 6) is -0.290. The van der Waals surface area contributed by atoms with E-state index in [9.17, 15) is 4.79 Å². The van der Waals surface area contributed by atoms with Crippen molar-refractivity contribution < 1.29 is 9.53 Å². The van der Waals surface area contributed by atoms with Gasteiger partial charge in [0.2, 0.25) is 0 Å². The lowest BCUT2D eigenvalue weighted by Crippen LogP contribution is -2.29. The minimum absolute atomic E-state index is 0.290. The molecule has 0 bridgehead atoms. The van der Waals surface area contributed by atoms with Crippen LogP contribution in [0.1, 0.15) is 22.7 Å². The summed E-state index contributed by atoms with van der Waals surface area (Å²) in [6, 6.07) is 15.4. The van der Waals surface area contributed by atoms with Crippen molar-refractivity contribution in [1.29, 1.82) is 0 Å². The zero-order valence-corrected chi connectivity index (χ0v) is 13.7. The standard InChI is InChI=1S/C17H18BrNO2/c1-12-8-9-14(10-15(12)18)16(17(20)21-2)19-11-13-6-4-3-5-7-13/h3-10,16,19H,11H2,1-2H3. The van der Waals surface area contributed by atoms with Crippen LogP contribution in [0.2, 0.25) is 0 Å². The fourth-order valence-electron chi connectivity index (χ4n) is 2.06. The van der Waals surface area contributed by atoms with E-state index in [0.717, 1.165) is 21.2 Å². The fraction of sp³-hybridized carbons (Fsp3) is 0.235. The van der Waals surface area contributed by atoms with E-state index >= 15 is 0 Å². The Labute approximate surface area is 133 Å². The number of nitrogens with one attached hydrogen (secondary N) is 1. The van der Waals surface area contributed by atoms with E-state index in [4.69, 9.17) is 4.74 Å². The van der Waals surface area contributed by atoms with Crippen LogP contribution in [0.3, 0.4) is 0 Å². The third kappa shape index (κ3) is 4.16. The van der Waals surface area contributed by atoms with Crippen molar-refractivity contribution in [1.82, 2.24) is 5.32 Å². The smallest absolute Gasteiger partial charge is 0.327 e. The molecule has 3 nitrogen and oxygen atoms in total. The molecule has 110 valence electrons. The first-order chi connectivity index (χ1) is 10.1. The number of hydrogen-bond acceptors (Lipinski definition) is 3. The van der Waals surface area contributed by atoms with Gasteiger partial charge in [-0.3, -0.25) is 5.32 Å². The number of halogens is 1. The molecule has 0 aliphatic carbocycles. The van der Waals surface area contributed by atoms with E-state index in [1.165, 1.54) is 7.11 Å². The second-order valence-corrected chi connectivity index (χ2v) is 5.69. The van der Waals surface area contributed by atoms with Crippen LogP contribution in [0.15, 0.2) is 53.0 Å². The highest BCUT2D eigenvalue weighted by Gasteiger charge is 2.21. The SMILES string of the molecule is COC(=O)C(NCc1ccccc1)c1ccc(C)c(Br)c1. The molecule has 0 amide bonds. The Morgan fingerprint density at radius 3 is 2.57 bits per heavy atom. The lowest BCUT2D eigenvalue weighted by Gasteiger charge is -2.17. The molecule has 0 aliphatic heterocycles. The van der Waals surface area contributed by atoms with Crippen LogP contribution in [0.4, 0.5) is 0 Å². The molecule has 2 aromatic rings. The van der Waals surface area contributed by atoms with Gasteiger partial charge in [-0.2, -0.15) is 0 Å². The molecule has 1 N–H and O–H groups in total. The molecule has 0 aliphatic rings. The van der Waals surface area contributed by atoms with Crippen LogP contribution in [-0.4, -0.2) is 13.1 Å². The first-order valence-electron chi connectivity index (χ1n) is 6.73. The third-order valence-electron chi connectivity index (χ3n) is 3.32. The molecule has 1 unspecified atom stereocenters. The Morgan fingerprint density at radius 2 is 1.95 bits per heavy atom. The molecule has 0 spiro atoms. The van der Waals surface area contributed by atoms with Gasteiger partial charge in [-0.05, 0) is 29.7 Å². The second-order valence-electron chi connectivity index (χ2n) is 4.83. The van der Waals surface area contributed by atoms with Crippen LogP contribution < -0.4 is 5.32 Å². The highest BCUT2D eigenvalue weighted by Crippen LogP contribution is 2.23. The van der Waals surface area contributed by atoms with Gasteiger partial charge in [0, 0.05) is 11.0 Å². The lowest BCUT2D eigenvalue weighted by atomic mass is 10.0. The molecule has 21 heavy (non-hydrogen) atoms. The van der Waals surface area contributed by atoms with Gasteiger partial charge in [-0.25, -0.2) is 4.79 Å². The second kappa shape index (κ2) is 7.38. The van der Waals surface area contributed by atoms with E-state index in [-0.39, 0.29) is 5.97 Å². The molecule has 0 saturated carbocycles. The van der Waals surface area contributed by atoms with Crippen LogP contribution in [0.25, 0.3) is 0 Å². The van der Waals surface area contributed by atoms with Crippen molar-refractivity contribution in [2.24, 2.45) is 0 Å². The van der Waals surface area contributed by atoms with Crippen molar-refractivity contribution in [2.75, 3.05) is 7.11 Å². The van der Waals surface area contributed by atoms with Gasteiger partial charge >= 0.3 is 5.97 Å². The Bertz CT molecular complexity index is 613. The lowest BCUT2D eigenvalue weighted by molar-refractivity contribution is -0.143. The Kier molecular flexibility index (Phi) is 5.53. The Morgan fingerprint density at radius 1 is 1.24 bits per heavy atom. The van der Waals surface area contributed by atoms with Crippen molar-refractivity contribution >= 4 is 21.9 Å². The zero-order chi connectivity index (χ0) is 15.2. The number of carbonyl (C=O) groups excluding carboxylic acids is 1. The van der Waals surface area contributed by atoms with Gasteiger partial charge in [0.05, 0.1) is 7.11 Å². The van der Waals surface area contributed by atoms with Gasteiger partial charge < -0.3 is 4.74 Å². The molecule has 2 rings (SSSR count). The molecule has 1 atom stereocenters. The van der Waals surface area contributed by atoms with Crippen LogP contribution in [0, 0.1) is 6.92 Å². The predicted octanol–water partition coefficient (Wildman–Crippen LogP) is 3.76. The maximum Gasteiger partial charge on any atom is 0.327 e. The number of carbonyl (C=O) groups is 1. The zero-order valence-electron chi connectivity index (χ0n) is 12.1. The number of benzene rings is 2. The molecular formula is C17H18BrNO2. The maximum atomic E-state index is 12.0. The largest absolute Gasteiger partial charge is 0.468 e. The van der Waals surface area contributed by atoms with E-state index < -0.39 is 6.04 Å². The summed E-state index contributed by atoms with van der Waals surface area (Å²) in [5, 5.41) is 3.25. The topological polar surface area (TPSA) is 38.3 Å². The van der Waals surface area contributed by atoms with Crippen molar-refractivity contribution in [3.63, 3.8) is 0 Å². The first-order valence-corrected chi connectivity index (χ1v) is 7.52. The molecule has 0 aromatic heterocycles. The number of hydrogen-bond donors (Lipinski definition) is 1. The number of methoxy groups -OCH3 is 1. The monoisotopic (exact) mass is 347 g/mol. The quantitative estimate of drug-likeness (QED) is 0.836. The van der Waals surface area contributed by atoms with Crippen molar-refractivity contribution in [3.05, 3.63) is 69.7 Å². The molecule has 2 aromatic carbocycles. The summed E-state index contributed by atoms with van der Waals surface area (Å²) >= 11 is 3.50. The van der Waals surface area contributed by atoms with Gasteiger partial charge in [-0.15, -0.1) is 0 Å². The summed E-state index contributed by atoms with van der Waals surface area (Å²) < 4.78 is 5.89. The van der Waals surface area contributed by atoms with E-state index in [2.05, 4.69) is 21.2 Å². The fourth-order valence-corrected chi connectivity index (χ4v) is 2.46. The minimum Gasteiger partial charge on any atom is -0.468 e. The maximum absolute atomic E-state index is 12.0. The van der Waals surface area contributed by atoms with E-state index in [1.807, 2.05) is 55.5 Å². The van der Waals surface area contributed by atoms with Crippen LogP contribution >= 0.6 is 15.9 Å². The number of esters is 1. The molecule has 0 radical (unpaired) electrons. The van der Waals surface area contributed by atoms with Crippen molar-refractivity contribution in [3.8, 4) is 0 Å². The molecule has 0 heterocycles. The van der Waals surface area contributed by atoms with Gasteiger partial charge in [-0.1, -0.05) is 58.4 Å². The Hall–Kier alpha value is -1.65. The highest BCUT2D eigenvalue weighted by molar-refractivity contribution is 9.10. The van der Waals surface area contributed by atoms with E-state index in [1.54, 1.807) is 0 Å². The first kappa shape index (κ1) is 15.7. The summed E-state index contributed by atoms with van der Waals surface area (Å²) in [6.45, 7) is 2.62. The minimum atomic E-state index is -0.480. The van der Waals surface area contributed by atoms with Gasteiger partial charge in [0.1, 0.15) is 6.04 Å². The number of rotatable bonds is 5. The van der Waals surface area contributed by atoms with E-state index in [0.29, 0.717) is 6.54 Å². The van der Waals surface area contributed by atoms with Crippen LogP contribution in [0.5, 0.6) is 0 Å². The molecule has 0 saturated heterocycles. The summed E-state index contributed by atoms with van der Waals surface area (Å²) in [7, 11) is 1.41. The van der Waals surface area contributed by atoms with Crippen molar-refractivity contribution in [2.45, 2.75) is 19.5 Å².